The number of rotatable bonds is 0. The molecule has 57 heavy (non-hydrogen) atoms. The highest BCUT2D eigenvalue weighted by atomic mass is 79.9. The van der Waals surface area contributed by atoms with E-state index in [4.69, 9.17) is 55.9 Å². The standard InChI is InChI=1S/C20H4Br4Cl4O5.C20H6.CH4.BrH.ClH.H2O/c21-5-1-3-17(9(23)15(5)29)32-18-4(2-6(22)16(30)10(18)24)20(3)8-7(19(31)33-20)11(25)13(27)14(28)12(8)26;1-3-5-7-9-11-13-15-17-19-20-18-16-14-12-10-8-6-4-2;;;;/h1-2,29-30H;1-2H3;1H4;2*1H;1H2. The van der Waals surface area contributed by atoms with E-state index in [9.17, 15) is 15.0 Å². The Hall–Kier alpha value is -3.62. The second-order valence-corrected chi connectivity index (χ2v) is 14.3. The second kappa shape index (κ2) is 24.3. The van der Waals surface area contributed by atoms with E-state index in [2.05, 4.69) is 170 Å². The highest BCUT2D eigenvalue weighted by Gasteiger charge is 2.58. The predicted molar refractivity (Wildman–Crippen MR) is 248 cm³/mol. The quantitative estimate of drug-likeness (QED) is 0.101. The van der Waals surface area contributed by atoms with Crippen LogP contribution in [0, 0.1) is 107 Å². The molecule has 0 atom stereocenters. The summed E-state index contributed by atoms with van der Waals surface area (Å²) in [5.74, 6) is 44.7. The molecule has 0 radical (unpaired) electrons. The Bertz CT molecular complexity index is 2610. The first-order valence-electron chi connectivity index (χ1n) is 13.9. The van der Waals surface area contributed by atoms with Crippen LogP contribution >= 0.6 is 140 Å². The van der Waals surface area contributed by atoms with E-state index >= 15 is 0 Å². The van der Waals surface area contributed by atoms with Crippen molar-refractivity contribution in [3.05, 3.63) is 72.4 Å². The molecule has 0 saturated heterocycles. The number of hydrogen-bond donors (Lipinski definition) is 2. The van der Waals surface area contributed by atoms with Crippen LogP contribution in [-0.2, 0) is 10.3 Å². The maximum absolute atomic E-state index is 13.2. The average molecular weight is 1180 g/mol. The van der Waals surface area contributed by atoms with Gasteiger partial charge >= 0.3 is 5.97 Å². The lowest BCUT2D eigenvalue weighted by molar-refractivity contribution is 0.0223. The highest BCUT2D eigenvalue weighted by molar-refractivity contribution is 9.11. The summed E-state index contributed by atoms with van der Waals surface area (Å²) in [5, 5.41) is 20.7. The van der Waals surface area contributed by atoms with Crippen LogP contribution in [0.3, 0.4) is 0 Å². The zero-order valence-corrected chi connectivity index (χ0v) is 39.5. The van der Waals surface area contributed by atoms with Gasteiger partial charge in [-0.15, -0.1) is 29.4 Å². The molecule has 0 bridgehead atoms. The molecular formula is C41H18Br5Cl5O6. The molecule has 0 aliphatic carbocycles. The Morgan fingerprint density at radius 1 is 0.596 bits per heavy atom. The van der Waals surface area contributed by atoms with Gasteiger partial charge < -0.3 is 25.2 Å². The zero-order valence-electron chi connectivity index (χ0n) is 27.6. The van der Waals surface area contributed by atoms with Crippen molar-refractivity contribution in [1.82, 2.24) is 0 Å². The van der Waals surface area contributed by atoms with Crippen LogP contribution in [0.4, 0.5) is 0 Å². The van der Waals surface area contributed by atoms with Gasteiger partial charge in [0, 0.05) is 5.56 Å². The minimum absolute atomic E-state index is 0. The minimum atomic E-state index is -1.72. The van der Waals surface area contributed by atoms with E-state index in [1.54, 1.807) is 13.8 Å². The van der Waals surface area contributed by atoms with E-state index < -0.39 is 11.6 Å². The Labute approximate surface area is 400 Å². The Morgan fingerprint density at radius 3 is 1.25 bits per heavy atom. The Balaban J connectivity index is 0.00000115. The van der Waals surface area contributed by atoms with E-state index in [0.29, 0.717) is 11.1 Å². The monoisotopic (exact) mass is 1180 g/mol. The summed E-state index contributed by atoms with van der Waals surface area (Å²) in [7, 11) is 0. The number of phenolic OH excluding ortho intramolecular Hbond substituents is 2. The van der Waals surface area contributed by atoms with Gasteiger partial charge in [0.2, 0.25) is 0 Å². The lowest BCUT2D eigenvalue weighted by atomic mass is 9.77. The fourth-order valence-corrected chi connectivity index (χ4v) is 7.95. The molecular weight excluding hydrogens is 1170 g/mol. The van der Waals surface area contributed by atoms with Crippen molar-refractivity contribution in [2.75, 3.05) is 0 Å². The first-order valence-corrected chi connectivity index (χ1v) is 18.6. The minimum Gasteiger partial charge on any atom is -0.505 e. The smallest absolute Gasteiger partial charge is 0.341 e. The van der Waals surface area contributed by atoms with Gasteiger partial charge in [0.05, 0.1) is 45.7 Å². The van der Waals surface area contributed by atoms with E-state index in [1.165, 1.54) is 12.1 Å². The summed E-state index contributed by atoms with van der Waals surface area (Å²) in [6, 6.07) is 3.06. The zero-order chi connectivity index (χ0) is 38.9. The Kier molecular flexibility index (Phi) is 22.8. The lowest BCUT2D eigenvalue weighted by Gasteiger charge is -2.38. The third kappa shape index (κ3) is 11.3. The van der Waals surface area contributed by atoms with Gasteiger partial charge in [-0.3, -0.25) is 0 Å². The second-order valence-electron chi connectivity index (χ2n) is 9.47. The summed E-state index contributed by atoms with van der Waals surface area (Å²) < 4.78 is 13.0. The van der Waals surface area contributed by atoms with Crippen LogP contribution in [0.1, 0.15) is 48.3 Å². The Morgan fingerprint density at radius 2 is 0.912 bits per heavy atom. The summed E-state index contributed by atoms with van der Waals surface area (Å²) in [6.07, 6.45) is 0. The average Bonchev–Trinajstić information content (AvgIpc) is 3.45. The summed E-state index contributed by atoms with van der Waals surface area (Å²) in [6.45, 7) is 3.41. The topological polar surface area (TPSA) is 107 Å². The van der Waals surface area contributed by atoms with Gasteiger partial charge in [-0.25, -0.2) is 4.79 Å². The number of halogens is 10. The first-order chi connectivity index (χ1) is 25.3. The molecule has 3 aromatic carbocycles. The molecule has 0 unspecified atom stereocenters. The van der Waals surface area contributed by atoms with Crippen LogP contribution in [0.2, 0.25) is 20.1 Å². The fourth-order valence-electron chi connectivity index (χ4n) is 4.49. The molecule has 2 aliphatic heterocycles. The number of hydrogen-bond acceptors (Lipinski definition) is 5. The van der Waals surface area contributed by atoms with Crippen LogP contribution in [-0.4, -0.2) is 21.7 Å². The number of ether oxygens (including phenoxy) is 2. The SMILES string of the molecule is Br.C.CC#CC#CC#CC#CC#CC#CC#CC#CC#CC.Cl.O.O=C1OC2(c3cc(Br)c(O)c(Br)c3Oc3c2cc(Br)c(O)c3Br)c2c(Cl)c(Cl)c(Cl)c(Cl)c21. The van der Waals surface area contributed by atoms with Crippen molar-refractivity contribution in [1.29, 1.82) is 0 Å². The molecule has 0 fully saturated rings. The van der Waals surface area contributed by atoms with Gasteiger partial charge in [-0.05, 0) is 184 Å². The predicted octanol–water partition coefficient (Wildman–Crippen LogP) is 11.2. The van der Waals surface area contributed by atoms with E-state index in [-0.39, 0.29) is 114 Å². The lowest BCUT2D eigenvalue weighted by Crippen LogP contribution is -2.33. The van der Waals surface area contributed by atoms with Crippen molar-refractivity contribution in [2.24, 2.45) is 0 Å². The van der Waals surface area contributed by atoms with Crippen molar-refractivity contribution in [2.45, 2.75) is 26.9 Å². The summed E-state index contributed by atoms with van der Waals surface area (Å²) in [5.41, 5.74) is -1.02. The normalized spacial score (nSPS) is 10.1. The number of carbonyl (C=O) groups is 1. The number of phenols is 2. The van der Waals surface area contributed by atoms with E-state index in [1.807, 2.05) is 0 Å². The van der Waals surface area contributed by atoms with Crippen LogP contribution in [0.15, 0.2) is 30.0 Å². The number of esters is 1. The van der Waals surface area contributed by atoms with Gasteiger partial charge in [0.1, 0.15) is 20.4 Å². The molecule has 3 aromatic rings. The van der Waals surface area contributed by atoms with Crippen molar-refractivity contribution in [3.63, 3.8) is 0 Å². The molecule has 0 aromatic heterocycles. The molecule has 5 rings (SSSR count). The molecule has 16 heteroatoms. The molecule has 0 saturated carbocycles. The van der Waals surface area contributed by atoms with Crippen LogP contribution in [0.5, 0.6) is 23.0 Å². The molecule has 6 nitrogen and oxygen atoms in total. The molecule has 288 valence electrons. The summed E-state index contributed by atoms with van der Waals surface area (Å²) >= 11 is 39.0. The maximum Gasteiger partial charge on any atom is 0.341 e. The van der Waals surface area contributed by atoms with Crippen molar-refractivity contribution >= 4 is 145 Å². The largest absolute Gasteiger partial charge is 0.505 e. The summed E-state index contributed by atoms with van der Waals surface area (Å²) in [4.78, 5) is 13.2. The highest BCUT2D eigenvalue weighted by Crippen LogP contribution is 2.65. The maximum atomic E-state index is 13.2. The van der Waals surface area contributed by atoms with Gasteiger partial charge in [-0.1, -0.05) is 65.7 Å². The first kappa shape index (κ1) is 53.4. The molecule has 1 spiro atoms. The van der Waals surface area contributed by atoms with Gasteiger partial charge in [0.25, 0.3) is 0 Å². The molecule has 4 N–H and O–H groups in total. The third-order valence-corrected chi connectivity index (χ3v) is 11.0. The van der Waals surface area contributed by atoms with Gasteiger partial charge in [0.15, 0.2) is 17.1 Å². The van der Waals surface area contributed by atoms with Crippen molar-refractivity contribution < 1.29 is 30.0 Å². The molecule has 0 amide bonds. The number of benzene rings is 3. The van der Waals surface area contributed by atoms with Gasteiger partial charge in [-0.2, -0.15) is 0 Å². The molecule has 2 heterocycles. The van der Waals surface area contributed by atoms with Crippen LogP contribution < -0.4 is 4.74 Å². The van der Waals surface area contributed by atoms with E-state index in [0.717, 1.165) is 0 Å². The number of fused-ring (bicyclic) bond motifs is 6. The molecule has 2 aliphatic rings. The number of carbonyl (C=O) groups excluding carboxylic acids is 1. The third-order valence-electron chi connectivity index (χ3n) is 6.52. The number of aromatic hydroxyl groups is 2. The fraction of sp³-hybridized carbons (Fsp3) is 0.0976. The van der Waals surface area contributed by atoms with Crippen LogP contribution in [0.25, 0.3) is 0 Å². The van der Waals surface area contributed by atoms with Crippen molar-refractivity contribution in [3.8, 4) is 130 Å².